The van der Waals surface area contributed by atoms with Crippen LogP contribution in [0.2, 0.25) is 0 Å². The van der Waals surface area contributed by atoms with Crippen molar-refractivity contribution in [2.24, 2.45) is 5.92 Å². The monoisotopic (exact) mass is 249 g/mol. The first kappa shape index (κ1) is 13.0. The van der Waals surface area contributed by atoms with Gasteiger partial charge in [0, 0.05) is 13.1 Å². The van der Waals surface area contributed by atoms with E-state index in [0.29, 0.717) is 23.5 Å². The summed E-state index contributed by atoms with van der Waals surface area (Å²) in [4.78, 5) is 6.68. The molecule has 2 rings (SSSR count). The van der Waals surface area contributed by atoms with Crippen molar-refractivity contribution in [2.45, 2.75) is 39.2 Å². The fourth-order valence-electron chi connectivity index (χ4n) is 1.73. The molecule has 0 aliphatic heterocycles. The largest absolute Gasteiger partial charge is 0.476 e. The summed E-state index contributed by atoms with van der Waals surface area (Å²) >= 11 is 0. The van der Waals surface area contributed by atoms with Gasteiger partial charge in [-0.15, -0.1) is 0 Å². The number of pyridine rings is 1. The summed E-state index contributed by atoms with van der Waals surface area (Å²) in [6, 6.07) is 4.28. The van der Waals surface area contributed by atoms with E-state index in [-0.39, 0.29) is 0 Å². The maximum atomic E-state index is 5.90. The molecule has 0 aromatic carbocycles. The number of nitrogens with two attached hydrogens (primary N) is 1. The summed E-state index contributed by atoms with van der Waals surface area (Å²) in [6.07, 6.45) is 3.62. The highest BCUT2D eigenvalue weighted by Crippen LogP contribution is 2.31. The van der Waals surface area contributed by atoms with Crippen molar-refractivity contribution in [2.75, 3.05) is 24.3 Å². The van der Waals surface area contributed by atoms with E-state index in [0.717, 1.165) is 18.8 Å². The fraction of sp³-hybridized carbons (Fsp3) is 0.643. The first-order valence-electron chi connectivity index (χ1n) is 6.74. The molecule has 0 bridgehead atoms. The molecule has 0 amide bonds. The zero-order chi connectivity index (χ0) is 13.1. The van der Waals surface area contributed by atoms with Gasteiger partial charge in [-0.1, -0.05) is 6.92 Å². The highest BCUT2D eigenvalue weighted by molar-refractivity contribution is 5.54. The fourth-order valence-corrected chi connectivity index (χ4v) is 1.73. The maximum absolute atomic E-state index is 5.90. The van der Waals surface area contributed by atoms with E-state index in [9.17, 15) is 0 Å². The molecular weight excluding hydrogens is 226 g/mol. The van der Waals surface area contributed by atoms with Gasteiger partial charge in [0.15, 0.2) is 0 Å². The number of ether oxygens (including phenoxy) is 1. The van der Waals surface area contributed by atoms with Crippen molar-refractivity contribution in [3.8, 4) is 5.88 Å². The third kappa shape index (κ3) is 3.06. The van der Waals surface area contributed by atoms with Crippen molar-refractivity contribution >= 4 is 11.5 Å². The van der Waals surface area contributed by atoms with Gasteiger partial charge < -0.3 is 15.4 Å². The Kier molecular flexibility index (Phi) is 3.94. The lowest BCUT2D eigenvalue weighted by molar-refractivity contribution is 0.290. The molecule has 1 aromatic heterocycles. The molecule has 1 saturated carbocycles. The van der Waals surface area contributed by atoms with E-state index < -0.39 is 0 Å². The Bertz CT molecular complexity index is 404. The van der Waals surface area contributed by atoms with E-state index in [4.69, 9.17) is 10.5 Å². The van der Waals surface area contributed by atoms with Crippen LogP contribution in [-0.2, 0) is 0 Å². The summed E-state index contributed by atoms with van der Waals surface area (Å²) in [6.45, 7) is 5.10. The normalized spacial score (nSPS) is 16.4. The van der Waals surface area contributed by atoms with Crippen molar-refractivity contribution in [1.82, 2.24) is 4.98 Å². The summed E-state index contributed by atoms with van der Waals surface area (Å²) < 4.78 is 5.70. The van der Waals surface area contributed by atoms with Crippen LogP contribution < -0.4 is 15.4 Å². The van der Waals surface area contributed by atoms with Crippen molar-refractivity contribution < 1.29 is 4.74 Å². The first-order valence-corrected chi connectivity index (χ1v) is 6.74. The summed E-state index contributed by atoms with van der Waals surface area (Å²) in [5.41, 5.74) is 6.52. The molecule has 1 aromatic rings. The minimum absolute atomic E-state index is 0.456. The van der Waals surface area contributed by atoms with Crippen LogP contribution in [0, 0.1) is 5.92 Å². The zero-order valence-corrected chi connectivity index (χ0v) is 11.5. The Morgan fingerprint density at radius 1 is 1.50 bits per heavy atom. The van der Waals surface area contributed by atoms with Crippen molar-refractivity contribution in [3.63, 3.8) is 0 Å². The number of anilines is 2. The second-order valence-electron chi connectivity index (χ2n) is 5.19. The molecule has 1 heterocycles. The van der Waals surface area contributed by atoms with Gasteiger partial charge in [-0.25, -0.2) is 0 Å². The molecule has 18 heavy (non-hydrogen) atoms. The minimum Gasteiger partial charge on any atom is -0.476 e. The average Bonchev–Trinajstić information content (AvgIpc) is 3.20. The number of hydrogen-bond acceptors (Lipinski definition) is 4. The Morgan fingerprint density at radius 2 is 2.22 bits per heavy atom. The summed E-state index contributed by atoms with van der Waals surface area (Å²) in [5.74, 6) is 2.21. The Balaban J connectivity index is 2.08. The third-order valence-electron chi connectivity index (χ3n) is 3.64. The SMILES string of the molecule is CCC(C)N(C)c1ccc(N)c(OCC2CC2)n1. The van der Waals surface area contributed by atoms with Crippen LogP contribution in [0.4, 0.5) is 11.5 Å². The number of aromatic nitrogens is 1. The van der Waals surface area contributed by atoms with Gasteiger partial charge in [0.05, 0.1) is 12.3 Å². The average molecular weight is 249 g/mol. The van der Waals surface area contributed by atoms with E-state index in [1.807, 2.05) is 12.1 Å². The third-order valence-corrected chi connectivity index (χ3v) is 3.64. The lowest BCUT2D eigenvalue weighted by atomic mass is 10.2. The Morgan fingerprint density at radius 3 is 2.83 bits per heavy atom. The second kappa shape index (κ2) is 5.46. The van der Waals surface area contributed by atoms with Crippen LogP contribution in [0.5, 0.6) is 5.88 Å². The molecule has 1 aliphatic carbocycles. The van der Waals surface area contributed by atoms with Gasteiger partial charge in [-0.05, 0) is 44.2 Å². The smallest absolute Gasteiger partial charge is 0.239 e. The standard InChI is InChI=1S/C14H23N3O/c1-4-10(2)17(3)13-8-7-12(15)14(16-13)18-9-11-5-6-11/h7-8,10-11H,4-6,9,15H2,1-3H3. The first-order chi connectivity index (χ1) is 8.61. The molecule has 0 saturated heterocycles. The van der Waals surface area contributed by atoms with Gasteiger partial charge in [0.25, 0.3) is 0 Å². The number of nitrogen functional groups attached to an aromatic ring is 1. The van der Waals surface area contributed by atoms with Crippen LogP contribution in [0.15, 0.2) is 12.1 Å². The molecule has 0 radical (unpaired) electrons. The predicted octanol–water partition coefficient (Wildman–Crippen LogP) is 2.69. The highest BCUT2D eigenvalue weighted by Gasteiger charge is 2.22. The second-order valence-corrected chi connectivity index (χ2v) is 5.19. The van der Waals surface area contributed by atoms with Gasteiger partial charge in [-0.3, -0.25) is 0 Å². The van der Waals surface area contributed by atoms with Gasteiger partial charge in [-0.2, -0.15) is 4.98 Å². The highest BCUT2D eigenvalue weighted by atomic mass is 16.5. The zero-order valence-electron chi connectivity index (χ0n) is 11.5. The Labute approximate surface area is 109 Å². The summed E-state index contributed by atoms with van der Waals surface area (Å²) in [7, 11) is 2.05. The van der Waals surface area contributed by atoms with Crippen molar-refractivity contribution in [1.29, 1.82) is 0 Å². The van der Waals surface area contributed by atoms with Crippen LogP contribution in [0.3, 0.4) is 0 Å². The number of hydrogen-bond donors (Lipinski definition) is 1. The van der Waals surface area contributed by atoms with Gasteiger partial charge >= 0.3 is 0 Å². The summed E-state index contributed by atoms with van der Waals surface area (Å²) in [5, 5.41) is 0. The van der Waals surface area contributed by atoms with Crippen molar-refractivity contribution in [3.05, 3.63) is 12.1 Å². The van der Waals surface area contributed by atoms with Crippen LogP contribution in [0.25, 0.3) is 0 Å². The Hall–Kier alpha value is -1.45. The minimum atomic E-state index is 0.456. The van der Waals surface area contributed by atoms with E-state index in [1.165, 1.54) is 12.8 Å². The molecule has 4 nitrogen and oxygen atoms in total. The lowest BCUT2D eigenvalue weighted by Gasteiger charge is -2.25. The quantitative estimate of drug-likeness (QED) is 0.842. The molecule has 4 heteroatoms. The van der Waals surface area contributed by atoms with E-state index in [1.54, 1.807) is 0 Å². The van der Waals surface area contributed by atoms with Crippen LogP contribution >= 0.6 is 0 Å². The van der Waals surface area contributed by atoms with Crippen LogP contribution in [0.1, 0.15) is 33.1 Å². The van der Waals surface area contributed by atoms with E-state index >= 15 is 0 Å². The van der Waals surface area contributed by atoms with E-state index in [2.05, 4.69) is 30.8 Å². The maximum Gasteiger partial charge on any atom is 0.239 e. The molecule has 1 unspecified atom stereocenters. The molecule has 1 aliphatic rings. The van der Waals surface area contributed by atoms with Gasteiger partial charge in [0.1, 0.15) is 5.82 Å². The molecule has 0 spiro atoms. The van der Waals surface area contributed by atoms with Gasteiger partial charge in [0.2, 0.25) is 5.88 Å². The number of nitrogens with zero attached hydrogens (tertiary/aromatic N) is 2. The molecule has 100 valence electrons. The lowest BCUT2D eigenvalue weighted by Crippen LogP contribution is -2.28. The number of rotatable bonds is 6. The molecule has 1 atom stereocenters. The topological polar surface area (TPSA) is 51.4 Å². The molecule has 1 fully saturated rings. The predicted molar refractivity (Wildman–Crippen MR) is 75.0 cm³/mol. The molecule has 2 N–H and O–H groups in total. The molecular formula is C14H23N3O. The van der Waals surface area contributed by atoms with Crippen LogP contribution in [-0.4, -0.2) is 24.7 Å².